The van der Waals surface area contributed by atoms with E-state index in [2.05, 4.69) is 33.0 Å². The summed E-state index contributed by atoms with van der Waals surface area (Å²) in [5.74, 6) is -0.0414. The molecule has 0 aromatic heterocycles. The van der Waals surface area contributed by atoms with Gasteiger partial charge < -0.3 is 11.1 Å². The molecule has 0 heterocycles. The summed E-state index contributed by atoms with van der Waals surface area (Å²) >= 11 is 1.79. The van der Waals surface area contributed by atoms with Crippen molar-refractivity contribution in [2.24, 2.45) is 5.73 Å². The molecular weight excluding hydrogens is 304 g/mol. The predicted octanol–water partition coefficient (Wildman–Crippen LogP) is 3.86. The molecular formula is C16H27ClN2OS. The maximum Gasteiger partial charge on any atom is 0.251 e. The highest BCUT2D eigenvalue weighted by atomic mass is 35.5. The van der Waals surface area contributed by atoms with Crippen molar-refractivity contribution in [2.75, 3.05) is 6.54 Å². The summed E-state index contributed by atoms with van der Waals surface area (Å²) in [5.41, 5.74) is 6.22. The lowest BCUT2D eigenvalue weighted by molar-refractivity contribution is 0.0895. The van der Waals surface area contributed by atoms with Gasteiger partial charge in [-0.05, 0) is 37.1 Å². The van der Waals surface area contributed by atoms with Gasteiger partial charge in [-0.3, -0.25) is 4.79 Å². The van der Waals surface area contributed by atoms with Gasteiger partial charge in [0.1, 0.15) is 0 Å². The number of amides is 1. The summed E-state index contributed by atoms with van der Waals surface area (Å²) in [6.45, 7) is 8.89. The molecule has 0 aliphatic carbocycles. The lowest BCUT2D eigenvalue weighted by atomic mass is 9.92. The second-order valence-corrected chi connectivity index (χ2v) is 6.99. The third-order valence-corrected chi connectivity index (χ3v) is 4.63. The average Bonchev–Trinajstić information content (AvgIpc) is 2.45. The summed E-state index contributed by atoms with van der Waals surface area (Å²) in [4.78, 5) is 13.5. The minimum absolute atomic E-state index is 0. The number of carbonyl (C=O) groups is 1. The monoisotopic (exact) mass is 330 g/mol. The molecule has 0 saturated carbocycles. The molecule has 0 aliphatic rings. The van der Waals surface area contributed by atoms with Gasteiger partial charge in [0, 0.05) is 22.3 Å². The fourth-order valence-electron chi connectivity index (χ4n) is 2.04. The van der Waals surface area contributed by atoms with E-state index in [4.69, 9.17) is 5.73 Å². The number of halogens is 1. The average molecular weight is 331 g/mol. The first-order valence-electron chi connectivity index (χ1n) is 7.25. The number of nitrogens with two attached hydrogens (primary N) is 1. The van der Waals surface area contributed by atoms with Gasteiger partial charge in [0.05, 0.1) is 5.54 Å². The molecule has 1 aromatic carbocycles. The Labute approximate surface area is 138 Å². The van der Waals surface area contributed by atoms with Crippen molar-refractivity contribution in [3.05, 3.63) is 29.8 Å². The Bertz CT molecular complexity index is 422. The lowest BCUT2D eigenvalue weighted by Gasteiger charge is -2.31. The first kappa shape index (κ1) is 20.3. The highest BCUT2D eigenvalue weighted by Crippen LogP contribution is 2.23. The van der Waals surface area contributed by atoms with Crippen LogP contribution in [0.3, 0.4) is 0 Å². The topological polar surface area (TPSA) is 55.1 Å². The number of hydrogen-bond donors (Lipinski definition) is 2. The minimum atomic E-state index is -0.289. The summed E-state index contributed by atoms with van der Waals surface area (Å²) in [7, 11) is 0. The molecule has 120 valence electrons. The first-order valence-corrected chi connectivity index (χ1v) is 8.13. The second-order valence-electron chi connectivity index (χ2n) is 5.34. The zero-order valence-electron chi connectivity index (χ0n) is 13.3. The van der Waals surface area contributed by atoms with Crippen molar-refractivity contribution < 1.29 is 4.79 Å². The molecule has 1 amide bonds. The third kappa shape index (κ3) is 5.89. The van der Waals surface area contributed by atoms with E-state index < -0.39 is 0 Å². The maximum atomic E-state index is 12.3. The maximum absolute atomic E-state index is 12.3. The Kier molecular flexibility index (Phi) is 9.02. The van der Waals surface area contributed by atoms with Crippen molar-refractivity contribution in [1.82, 2.24) is 5.32 Å². The molecule has 3 nitrogen and oxygen atoms in total. The molecule has 0 fully saturated rings. The van der Waals surface area contributed by atoms with E-state index in [9.17, 15) is 4.79 Å². The van der Waals surface area contributed by atoms with Gasteiger partial charge in [0.2, 0.25) is 0 Å². The summed E-state index contributed by atoms with van der Waals surface area (Å²) in [5, 5.41) is 3.63. The fourth-order valence-corrected chi connectivity index (χ4v) is 2.87. The molecule has 0 spiro atoms. The lowest BCUT2D eigenvalue weighted by Crippen LogP contribution is -2.52. The fraction of sp³-hybridized carbons (Fsp3) is 0.562. The Hall–Kier alpha value is -0.710. The van der Waals surface area contributed by atoms with Crippen LogP contribution in [-0.2, 0) is 0 Å². The Balaban J connectivity index is 0.00000400. The van der Waals surface area contributed by atoms with Crippen LogP contribution in [0.5, 0.6) is 0 Å². The van der Waals surface area contributed by atoms with Crippen molar-refractivity contribution in [3.8, 4) is 0 Å². The molecule has 0 atom stereocenters. The molecule has 0 radical (unpaired) electrons. The van der Waals surface area contributed by atoms with Crippen LogP contribution in [0.15, 0.2) is 29.2 Å². The van der Waals surface area contributed by atoms with E-state index in [1.165, 1.54) is 4.90 Å². The third-order valence-electron chi connectivity index (χ3n) is 3.61. The van der Waals surface area contributed by atoms with Crippen LogP contribution < -0.4 is 11.1 Å². The highest BCUT2D eigenvalue weighted by Gasteiger charge is 2.26. The summed E-state index contributed by atoms with van der Waals surface area (Å²) < 4.78 is 0. The van der Waals surface area contributed by atoms with Gasteiger partial charge in [-0.1, -0.05) is 27.7 Å². The van der Waals surface area contributed by atoms with Gasteiger partial charge in [-0.2, -0.15) is 0 Å². The quantitative estimate of drug-likeness (QED) is 0.746. The van der Waals surface area contributed by atoms with Crippen LogP contribution in [0.4, 0.5) is 0 Å². The van der Waals surface area contributed by atoms with Crippen LogP contribution in [-0.4, -0.2) is 23.2 Å². The van der Waals surface area contributed by atoms with Crippen LogP contribution >= 0.6 is 24.2 Å². The van der Waals surface area contributed by atoms with Gasteiger partial charge in [0.25, 0.3) is 5.91 Å². The zero-order chi connectivity index (χ0) is 15.2. The Morgan fingerprint density at radius 1 is 1.24 bits per heavy atom. The van der Waals surface area contributed by atoms with Gasteiger partial charge in [-0.25, -0.2) is 0 Å². The van der Waals surface area contributed by atoms with E-state index in [0.717, 1.165) is 12.8 Å². The van der Waals surface area contributed by atoms with E-state index in [1.807, 2.05) is 24.3 Å². The Morgan fingerprint density at radius 2 is 1.76 bits per heavy atom. The van der Waals surface area contributed by atoms with Crippen LogP contribution in [0.1, 0.15) is 50.9 Å². The van der Waals surface area contributed by atoms with Crippen LogP contribution in [0.25, 0.3) is 0 Å². The van der Waals surface area contributed by atoms with Crippen LogP contribution in [0, 0.1) is 0 Å². The molecule has 0 saturated heterocycles. The smallest absolute Gasteiger partial charge is 0.251 e. The molecule has 0 bridgehead atoms. The molecule has 0 unspecified atom stereocenters. The first-order chi connectivity index (χ1) is 9.46. The molecule has 5 heteroatoms. The summed E-state index contributed by atoms with van der Waals surface area (Å²) in [6.07, 6.45) is 1.68. The predicted molar refractivity (Wildman–Crippen MR) is 94.5 cm³/mol. The van der Waals surface area contributed by atoms with Gasteiger partial charge >= 0.3 is 0 Å². The van der Waals surface area contributed by atoms with E-state index >= 15 is 0 Å². The standard InChI is InChI=1S/C16H26N2OS.ClH/c1-5-16(6-2,11-17)18-15(19)13-7-9-14(10-8-13)20-12(3)4;/h7-10,12H,5-6,11,17H2,1-4H3,(H,18,19);1H. The molecule has 1 aromatic rings. The van der Waals surface area contributed by atoms with Crippen molar-refractivity contribution >= 4 is 30.1 Å². The highest BCUT2D eigenvalue weighted by molar-refractivity contribution is 7.99. The van der Waals surface area contributed by atoms with Gasteiger partial charge in [-0.15, -0.1) is 24.2 Å². The molecule has 3 N–H and O–H groups in total. The zero-order valence-corrected chi connectivity index (χ0v) is 14.9. The van der Waals surface area contributed by atoms with E-state index in [1.54, 1.807) is 11.8 Å². The van der Waals surface area contributed by atoms with E-state index in [0.29, 0.717) is 17.4 Å². The number of rotatable bonds is 7. The summed E-state index contributed by atoms with van der Waals surface area (Å²) in [6, 6.07) is 7.77. The normalized spacial score (nSPS) is 11.1. The molecule has 21 heavy (non-hydrogen) atoms. The minimum Gasteiger partial charge on any atom is -0.345 e. The SMILES string of the molecule is CCC(CC)(CN)NC(=O)c1ccc(SC(C)C)cc1.Cl. The molecule has 0 aliphatic heterocycles. The van der Waals surface area contributed by atoms with Crippen molar-refractivity contribution in [3.63, 3.8) is 0 Å². The van der Waals surface area contributed by atoms with E-state index in [-0.39, 0.29) is 23.9 Å². The number of carbonyl (C=O) groups excluding carboxylic acids is 1. The number of nitrogens with one attached hydrogen (secondary N) is 1. The number of hydrogen-bond acceptors (Lipinski definition) is 3. The van der Waals surface area contributed by atoms with Crippen molar-refractivity contribution in [1.29, 1.82) is 0 Å². The second kappa shape index (κ2) is 9.34. The van der Waals surface area contributed by atoms with Crippen LogP contribution in [0.2, 0.25) is 0 Å². The van der Waals surface area contributed by atoms with Crippen molar-refractivity contribution in [2.45, 2.75) is 56.2 Å². The number of benzene rings is 1. The number of thioether (sulfide) groups is 1. The largest absolute Gasteiger partial charge is 0.345 e. The Morgan fingerprint density at radius 3 is 2.14 bits per heavy atom. The van der Waals surface area contributed by atoms with Gasteiger partial charge in [0.15, 0.2) is 0 Å². The molecule has 1 rings (SSSR count).